The number of thiocarbonyl (C=S) groups is 1. The van der Waals surface area contributed by atoms with E-state index in [9.17, 15) is 19.5 Å². The molecule has 1 aromatic rings. The molecule has 0 spiro atoms. The van der Waals surface area contributed by atoms with Gasteiger partial charge in [-0.3, -0.25) is 19.3 Å². The van der Waals surface area contributed by atoms with Crippen molar-refractivity contribution in [3.8, 4) is 11.5 Å². The van der Waals surface area contributed by atoms with Crippen LogP contribution in [-0.2, 0) is 14.4 Å². The van der Waals surface area contributed by atoms with Crippen molar-refractivity contribution in [2.75, 3.05) is 19.7 Å². The summed E-state index contributed by atoms with van der Waals surface area (Å²) in [7, 11) is 0. The molecule has 0 radical (unpaired) electrons. The minimum Gasteiger partial charge on any atom is -0.504 e. The first-order valence-electron chi connectivity index (χ1n) is 8.51. The topological polar surface area (TPSA) is 116 Å². The predicted molar refractivity (Wildman–Crippen MR) is 109 cm³/mol. The van der Waals surface area contributed by atoms with Gasteiger partial charge in [-0.1, -0.05) is 30.0 Å². The van der Waals surface area contributed by atoms with Crippen molar-refractivity contribution >= 4 is 52.2 Å². The Labute approximate surface area is 171 Å². The van der Waals surface area contributed by atoms with Gasteiger partial charge >= 0.3 is 5.97 Å². The molecule has 10 heteroatoms. The van der Waals surface area contributed by atoms with Crippen molar-refractivity contribution in [3.63, 3.8) is 0 Å². The van der Waals surface area contributed by atoms with E-state index in [0.29, 0.717) is 33.6 Å². The number of rotatable bonds is 9. The maximum Gasteiger partial charge on any atom is 0.322 e. The van der Waals surface area contributed by atoms with Crippen LogP contribution in [0.3, 0.4) is 0 Å². The number of ether oxygens (including phenoxy) is 1. The van der Waals surface area contributed by atoms with Crippen LogP contribution in [0.4, 0.5) is 0 Å². The molecule has 0 unspecified atom stereocenters. The smallest absolute Gasteiger partial charge is 0.322 e. The van der Waals surface area contributed by atoms with Gasteiger partial charge < -0.3 is 20.3 Å². The summed E-state index contributed by atoms with van der Waals surface area (Å²) >= 11 is 6.41. The Balaban J connectivity index is 1.97. The zero-order valence-electron chi connectivity index (χ0n) is 15.1. The molecule has 0 aromatic heterocycles. The monoisotopic (exact) mass is 424 g/mol. The fourth-order valence-corrected chi connectivity index (χ4v) is 3.70. The molecule has 3 N–H and O–H groups in total. The summed E-state index contributed by atoms with van der Waals surface area (Å²) < 4.78 is 5.73. The number of phenols is 1. The molecule has 1 saturated heterocycles. The minimum atomic E-state index is -1.11. The van der Waals surface area contributed by atoms with Crippen molar-refractivity contribution in [3.05, 3.63) is 28.7 Å². The highest BCUT2D eigenvalue weighted by Gasteiger charge is 2.31. The molecule has 0 atom stereocenters. The average Bonchev–Trinajstić information content (AvgIpc) is 2.90. The number of benzene rings is 1. The predicted octanol–water partition coefficient (Wildman–Crippen LogP) is 1.97. The van der Waals surface area contributed by atoms with Crippen LogP contribution in [0.25, 0.3) is 6.08 Å². The summed E-state index contributed by atoms with van der Waals surface area (Å²) in [5.41, 5.74) is 0.690. The average molecular weight is 425 g/mol. The zero-order chi connectivity index (χ0) is 20.7. The second kappa shape index (κ2) is 10.1. The van der Waals surface area contributed by atoms with Gasteiger partial charge in [0.25, 0.3) is 5.91 Å². The lowest BCUT2D eigenvalue weighted by Gasteiger charge is -2.13. The molecule has 1 fully saturated rings. The lowest BCUT2D eigenvalue weighted by molar-refractivity contribution is -0.137. The van der Waals surface area contributed by atoms with Crippen LogP contribution in [0, 0.1) is 0 Å². The van der Waals surface area contributed by atoms with E-state index in [1.807, 2.05) is 0 Å². The molecular weight excluding hydrogens is 404 g/mol. The molecule has 0 aliphatic carbocycles. The first-order chi connectivity index (χ1) is 13.3. The third kappa shape index (κ3) is 5.96. The summed E-state index contributed by atoms with van der Waals surface area (Å²) in [6.07, 6.45) is 2.12. The Morgan fingerprint density at radius 3 is 2.82 bits per heavy atom. The van der Waals surface area contributed by atoms with Gasteiger partial charge in [0.1, 0.15) is 10.9 Å². The van der Waals surface area contributed by atoms with Gasteiger partial charge in [-0.05, 0) is 37.1 Å². The van der Waals surface area contributed by atoms with Crippen LogP contribution < -0.4 is 10.1 Å². The summed E-state index contributed by atoms with van der Waals surface area (Å²) in [5, 5.41) is 20.6. The van der Waals surface area contributed by atoms with Crippen LogP contribution in [0.2, 0.25) is 0 Å². The van der Waals surface area contributed by atoms with Crippen molar-refractivity contribution in [2.45, 2.75) is 19.8 Å². The number of carbonyl (C=O) groups excluding carboxylic acids is 2. The number of aliphatic carboxylic acids is 1. The van der Waals surface area contributed by atoms with Crippen molar-refractivity contribution in [1.82, 2.24) is 10.2 Å². The number of phenolic OH excluding ortho intramolecular Hbond substituents is 1. The van der Waals surface area contributed by atoms with Crippen molar-refractivity contribution < 1.29 is 29.3 Å². The maximum atomic E-state index is 12.6. The number of nitrogens with one attached hydrogen (secondary N) is 1. The molecule has 0 saturated carbocycles. The third-order valence-corrected chi connectivity index (χ3v) is 5.06. The standard InChI is InChI=1S/C18H20N2O6S2/c1-2-26-13-8-11(5-6-12(13)21)9-14-17(25)20(18(27)28-14)7-3-4-15(22)19-10-16(23)24/h5-6,8-9,21H,2-4,7,10H2,1H3,(H,19,22)(H,23,24)/b14-9-. The van der Waals surface area contributed by atoms with E-state index in [1.54, 1.807) is 25.1 Å². The molecule has 0 bridgehead atoms. The Bertz CT molecular complexity index is 824. The number of carboxylic acids is 1. The molecule has 2 amide bonds. The lowest BCUT2D eigenvalue weighted by Crippen LogP contribution is -2.32. The zero-order valence-corrected chi connectivity index (χ0v) is 16.8. The highest BCUT2D eigenvalue weighted by molar-refractivity contribution is 8.26. The summed E-state index contributed by atoms with van der Waals surface area (Å²) in [6, 6.07) is 4.79. The van der Waals surface area contributed by atoms with Crippen LogP contribution in [-0.4, -0.2) is 56.9 Å². The molecule has 1 aliphatic rings. The normalized spacial score (nSPS) is 15.2. The summed E-state index contributed by atoms with van der Waals surface area (Å²) in [6.45, 7) is 2.04. The number of aromatic hydroxyl groups is 1. The summed E-state index contributed by atoms with van der Waals surface area (Å²) in [5.74, 6) is -1.41. The van der Waals surface area contributed by atoms with Gasteiger partial charge in [0, 0.05) is 13.0 Å². The van der Waals surface area contributed by atoms with Crippen LogP contribution in [0.5, 0.6) is 11.5 Å². The summed E-state index contributed by atoms with van der Waals surface area (Å²) in [4.78, 5) is 36.4. The van der Waals surface area contributed by atoms with E-state index >= 15 is 0 Å². The Morgan fingerprint density at radius 2 is 2.14 bits per heavy atom. The molecule has 1 heterocycles. The lowest BCUT2D eigenvalue weighted by atomic mass is 10.2. The third-order valence-electron chi connectivity index (χ3n) is 3.68. The number of nitrogens with zero attached hydrogens (tertiary/aromatic N) is 1. The molecule has 28 heavy (non-hydrogen) atoms. The number of carboxylic acid groups (broad SMARTS) is 1. The number of thioether (sulfide) groups is 1. The number of hydrogen-bond acceptors (Lipinski definition) is 7. The first kappa shape index (κ1) is 21.7. The molecular formula is C18H20N2O6S2. The molecule has 150 valence electrons. The van der Waals surface area contributed by atoms with E-state index in [4.69, 9.17) is 22.1 Å². The number of carbonyl (C=O) groups is 3. The second-order valence-electron chi connectivity index (χ2n) is 5.77. The van der Waals surface area contributed by atoms with Gasteiger partial charge in [-0.2, -0.15) is 0 Å². The van der Waals surface area contributed by atoms with E-state index < -0.39 is 18.4 Å². The van der Waals surface area contributed by atoms with Gasteiger partial charge in [0.15, 0.2) is 11.5 Å². The Kier molecular flexibility index (Phi) is 7.82. The second-order valence-corrected chi connectivity index (χ2v) is 7.44. The molecule has 2 rings (SSSR count). The molecule has 1 aliphatic heterocycles. The van der Waals surface area contributed by atoms with E-state index in [0.717, 1.165) is 11.8 Å². The van der Waals surface area contributed by atoms with Gasteiger partial charge in [0.05, 0.1) is 11.5 Å². The first-order valence-corrected chi connectivity index (χ1v) is 9.74. The molecule has 8 nitrogen and oxygen atoms in total. The molecule has 1 aromatic carbocycles. The van der Waals surface area contributed by atoms with E-state index in [2.05, 4.69) is 5.32 Å². The van der Waals surface area contributed by atoms with Gasteiger partial charge in [-0.25, -0.2) is 0 Å². The van der Waals surface area contributed by atoms with E-state index in [1.165, 1.54) is 11.0 Å². The van der Waals surface area contributed by atoms with Crippen molar-refractivity contribution in [2.24, 2.45) is 0 Å². The van der Waals surface area contributed by atoms with E-state index in [-0.39, 0.29) is 24.6 Å². The fourth-order valence-electron chi connectivity index (χ4n) is 2.40. The SMILES string of the molecule is CCOc1cc(/C=C2\SC(=S)N(CCCC(=O)NCC(=O)O)C2=O)ccc1O. The maximum absolute atomic E-state index is 12.6. The highest BCUT2D eigenvalue weighted by atomic mass is 32.2. The number of hydrogen-bond donors (Lipinski definition) is 3. The largest absolute Gasteiger partial charge is 0.504 e. The van der Waals surface area contributed by atoms with Gasteiger partial charge in [0.2, 0.25) is 5.91 Å². The van der Waals surface area contributed by atoms with Crippen LogP contribution in [0.1, 0.15) is 25.3 Å². The van der Waals surface area contributed by atoms with Gasteiger partial charge in [-0.15, -0.1) is 0 Å². The number of amides is 2. The highest BCUT2D eigenvalue weighted by Crippen LogP contribution is 2.34. The van der Waals surface area contributed by atoms with Crippen LogP contribution in [0.15, 0.2) is 23.1 Å². The fraction of sp³-hybridized carbons (Fsp3) is 0.333. The Hall–Kier alpha value is -2.59. The minimum absolute atomic E-state index is 0.0210. The quantitative estimate of drug-likeness (QED) is 0.407. The van der Waals surface area contributed by atoms with Crippen LogP contribution >= 0.6 is 24.0 Å². The Morgan fingerprint density at radius 1 is 1.39 bits per heavy atom. The van der Waals surface area contributed by atoms with Crippen molar-refractivity contribution in [1.29, 1.82) is 0 Å².